The molecule has 2 heterocycles. The van der Waals surface area contributed by atoms with Gasteiger partial charge in [-0.15, -0.1) is 5.10 Å². The van der Waals surface area contributed by atoms with Gasteiger partial charge in [0.25, 0.3) is 0 Å². The highest BCUT2D eigenvalue weighted by Gasteiger charge is 2.39. The van der Waals surface area contributed by atoms with Crippen molar-refractivity contribution in [3.63, 3.8) is 0 Å². The molecule has 1 aliphatic carbocycles. The van der Waals surface area contributed by atoms with E-state index in [1.807, 2.05) is 18.2 Å². The lowest BCUT2D eigenvalue weighted by Crippen LogP contribution is -2.51. The minimum absolute atomic E-state index is 0.249. The maximum absolute atomic E-state index is 6.83. The number of aromatic nitrogens is 2. The molecule has 0 amide bonds. The zero-order valence-electron chi connectivity index (χ0n) is 16.2. The Kier molecular flexibility index (Phi) is 4.34. The first kappa shape index (κ1) is 17.9. The minimum atomic E-state index is -0.601. The number of rotatable bonds is 5. The zero-order valence-corrected chi connectivity index (χ0v) is 16.2. The maximum atomic E-state index is 6.83. The molecule has 4 N–H and O–H groups in total. The molecule has 2 aliphatic rings. The summed E-state index contributed by atoms with van der Waals surface area (Å²) in [6, 6.07) is 14.9. The number of aryl methyl sites for hydroxylation is 1. The van der Waals surface area contributed by atoms with Gasteiger partial charge in [-0.25, -0.2) is 0 Å². The first-order valence-electron chi connectivity index (χ1n) is 9.71. The molecule has 0 saturated heterocycles. The molecule has 3 aromatic rings. The number of nitrogens with zero attached hydrogens (tertiary/aromatic N) is 2. The molecule has 148 valence electrons. The average Bonchev–Trinajstić information content (AvgIpc) is 3.36. The number of nitrogens with two attached hydrogens (primary N) is 1. The van der Waals surface area contributed by atoms with E-state index >= 15 is 0 Å². The summed E-state index contributed by atoms with van der Waals surface area (Å²) in [7, 11) is 1.59. The highest BCUT2D eigenvalue weighted by atomic mass is 16.5. The summed E-state index contributed by atoms with van der Waals surface area (Å²) < 4.78 is 10.5. The number of ether oxygens (including phenoxy) is 1. The van der Waals surface area contributed by atoms with Crippen LogP contribution in [0.1, 0.15) is 34.9 Å². The molecule has 1 unspecified atom stereocenters. The van der Waals surface area contributed by atoms with Gasteiger partial charge in [0.15, 0.2) is 0 Å². The molecular formula is C22H23N5O2. The summed E-state index contributed by atoms with van der Waals surface area (Å²) in [6.07, 6.45) is 6.28. The van der Waals surface area contributed by atoms with Gasteiger partial charge in [0.05, 0.1) is 0 Å². The zero-order chi connectivity index (χ0) is 19.8. The van der Waals surface area contributed by atoms with Crippen molar-refractivity contribution in [1.82, 2.24) is 10.2 Å². The molecule has 0 fully saturated rings. The van der Waals surface area contributed by atoms with E-state index in [1.165, 1.54) is 11.1 Å². The third-order valence-corrected chi connectivity index (χ3v) is 5.64. The van der Waals surface area contributed by atoms with Gasteiger partial charge in [0, 0.05) is 24.4 Å². The maximum Gasteiger partial charge on any atom is 0.320 e. The van der Waals surface area contributed by atoms with Crippen LogP contribution in [-0.4, -0.2) is 23.0 Å². The Balaban J connectivity index is 1.36. The first-order chi connectivity index (χ1) is 14.1. The highest BCUT2D eigenvalue weighted by Crippen LogP contribution is 2.43. The second kappa shape index (κ2) is 7.02. The molecule has 29 heavy (non-hydrogen) atoms. The number of hydrogen-bond acceptors (Lipinski definition) is 7. The van der Waals surface area contributed by atoms with Gasteiger partial charge in [-0.3, -0.25) is 0 Å². The Hall–Kier alpha value is -3.16. The molecule has 7 nitrogen and oxygen atoms in total. The van der Waals surface area contributed by atoms with E-state index in [0.717, 1.165) is 29.8 Å². The van der Waals surface area contributed by atoms with Crippen LogP contribution in [0.2, 0.25) is 0 Å². The topological polar surface area (TPSA) is 98.2 Å². The number of anilines is 3. The summed E-state index contributed by atoms with van der Waals surface area (Å²) in [5, 5.41) is 14.6. The summed E-state index contributed by atoms with van der Waals surface area (Å²) in [5.41, 5.74) is 11.9. The van der Waals surface area contributed by atoms with E-state index in [4.69, 9.17) is 14.9 Å². The fraction of sp³-hybridized carbons (Fsp3) is 0.273. The van der Waals surface area contributed by atoms with Crippen LogP contribution in [0, 0.1) is 0 Å². The molecule has 0 bridgehead atoms. The van der Waals surface area contributed by atoms with Gasteiger partial charge >= 0.3 is 6.01 Å². The predicted molar refractivity (Wildman–Crippen MR) is 112 cm³/mol. The quantitative estimate of drug-likeness (QED) is 0.611. The van der Waals surface area contributed by atoms with Crippen LogP contribution in [-0.2, 0) is 17.8 Å². The molecule has 0 radical (unpaired) electrons. The van der Waals surface area contributed by atoms with Gasteiger partial charge < -0.3 is 25.5 Å². The predicted octanol–water partition coefficient (Wildman–Crippen LogP) is 3.78. The third-order valence-electron chi connectivity index (χ3n) is 5.64. The minimum Gasteiger partial charge on any atom is -0.405 e. The Bertz CT molecular complexity index is 1080. The molecule has 0 saturated carbocycles. The lowest BCUT2D eigenvalue weighted by Gasteiger charge is -2.38. The summed E-state index contributed by atoms with van der Waals surface area (Å²) >= 11 is 0. The van der Waals surface area contributed by atoms with Crippen molar-refractivity contribution in [2.75, 3.05) is 17.7 Å². The Morgan fingerprint density at radius 2 is 2.17 bits per heavy atom. The summed E-state index contributed by atoms with van der Waals surface area (Å²) in [6.45, 7) is 0.286. The van der Waals surface area contributed by atoms with Crippen LogP contribution in [0.5, 0.6) is 0 Å². The average molecular weight is 389 g/mol. The standard InChI is InChI=1S/C22H23N5O2/c1-28-13-20-26-27-21(29-20)24-16-7-9-19-15(12-16)10-11-22(23,25-19)18-8-6-14-4-2-3-5-17(14)18/h2-5,7,9-12,18,25H,6,8,13,23H2,1H3,(H,24,27)/t18?,22-/m1/s1. The second-order valence-corrected chi connectivity index (χ2v) is 7.54. The van der Waals surface area contributed by atoms with Crippen LogP contribution in [0.4, 0.5) is 17.4 Å². The Labute approximate surface area is 169 Å². The van der Waals surface area contributed by atoms with E-state index < -0.39 is 5.66 Å². The molecule has 1 aromatic heterocycles. The number of hydrogen-bond donors (Lipinski definition) is 3. The van der Waals surface area contributed by atoms with Crippen LogP contribution < -0.4 is 16.4 Å². The molecule has 2 aromatic carbocycles. The van der Waals surface area contributed by atoms with Crippen molar-refractivity contribution in [2.24, 2.45) is 5.73 Å². The van der Waals surface area contributed by atoms with Crippen LogP contribution in [0.25, 0.3) is 6.08 Å². The van der Waals surface area contributed by atoms with E-state index in [2.05, 4.69) is 57.2 Å². The van der Waals surface area contributed by atoms with Crippen molar-refractivity contribution in [2.45, 2.75) is 31.0 Å². The van der Waals surface area contributed by atoms with Gasteiger partial charge in [-0.05, 0) is 53.8 Å². The van der Waals surface area contributed by atoms with Crippen LogP contribution >= 0.6 is 0 Å². The smallest absolute Gasteiger partial charge is 0.320 e. The lowest BCUT2D eigenvalue weighted by molar-refractivity contribution is 0.160. The fourth-order valence-electron chi connectivity index (χ4n) is 4.26. The normalized spacial score (nSPS) is 22.1. The molecule has 5 rings (SSSR count). The second-order valence-electron chi connectivity index (χ2n) is 7.54. The van der Waals surface area contributed by atoms with Gasteiger partial charge in [0.2, 0.25) is 5.89 Å². The van der Waals surface area contributed by atoms with Crippen molar-refractivity contribution >= 4 is 23.5 Å². The lowest BCUT2D eigenvalue weighted by atomic mass is 9.84. The van der Waals surface area contributed by atoms with E-state index in [1.54, 1.807) is 7.11 Å². The van der Waals surface area contributed by atoms with Gasteiger partial charge in [0.1, 0.15) is 12.3 Å². The Morgan fingerprint density at radius 1 is 1.28 bits per heavy atom. The fourth-order valence-corrected chi connectivity index (χ4v) is 4.26. The SMILES string of the molecule is COCc1nnc(Nc2ccc3c(c2)C=C[C@](N)(C2CCc4ccccc42)N3)o1. The molecule has 0 spiro atoms. The van der Waals surface area contributed by atoms with E-state index in [0.29, 0.717) is 11.9 Å². The molecule has 7 heteroatoms. The summed E-state index contributed by atoms with van der Waals surface area (Å²) in [5.74, 6) is 0.679. The largest absolute Gasteiger partial charge is 0.405 e. The number of methoxy groups -OCH3 is 1. The van der Waals surface area contributed by atoms with E-state index in [9.17, 15) is 0 Å². The van der Waals surface area contributed by atoms with Crippen molar-refractivity contribution in [3.8, 4) is 0 Å². The highest BCUT2D eigenvalue weighted by molar-refractivity contribution is 5.76. The Morgan fingerprint density at radius 3 is 3.07 bits per heavy atom. The molecule has 2 atom stereocenters. The van der Waals surface area contributed by atoms with Crippen LogP contribution in [0.3, 0.4) is 0 Å². The molecule has 1 aliphatic heterocycles. The summed E-state index contributed by atoms with van der Waals surface area (Å²) in [4.78, 5) is 0. The van der Waals surface area contributed by atoms with Crippen molar-refractivity contribution in [3.05, 3.63) is 71.1 Å². The van der Waals surface area contributed by atoms with Crippen molar-refractivity contribution < 1.29 is 9.15 Å². The van der Waals surface area contributed by atoms with E-state index in [-0.39, 0.29) is 12.5 Å². The van der Waals surface area contributed by atoms with Gasteiger partial charge in [-0.1, -0.05) is 35.4 Å². The van der Waals surface area contributed by atoms with Crippen LogP contribution in [0.15, 0.2) is 53.0 Å². The number of fused-ring (bicyclic) bond motifs is 2. The number of nitrogens with one attached hydrogen (secondary N) is 2. The van der Waals surface area contributed by atoms with Gasteiger partial charge in [-0.2, -0.15) is 0 Å². The van der Waals surface area contributed by atoms with Crippen molar-refractivity contribution in [1.29, 1.82) is 0 Å². The number of benzene rings is 2. The molecular weight excluding hydrogens is 366 g/mol. The monoisotopic (exact) mass is 389 g/mol. The third kappa shape index (κ3) is 3.28. The first-order valence-corrected chi connectivity index (χ1v) is 9.71.